The number of halogens is 1. The van der Waals surface area contributed by atoms with Crippen LogP contribution in [-0.2, 0) is 15.6 Å². The number of aromatic nitrogens is 1. The maximum absolute atomic E-state index is 12.0. The first-order valence-corrected chi connectivity index (χ1v) is 7.39. The molecule has 1 unspecified atom stereocenters. The third kappa shape index (κ3) is 3.79. The predicted molar refractivity (Wildman–Crippen MR) is 80.0 cm³/mol. The zero-order valence-corrected chi connectivity index (χ0v) is 11.9. The summed E-state index contributed by atoms with van der Waals surface area (Å²) in [5.74, 6) is -0.553. The number of nitrogens with zero attached hydrogens (tertiary/aromatic N) is 1. The third-order valence-corrected chi connectivity index (χ3v) is 4.05. The van der Waals surface area contributed by atoms with Crippen LogP contribution in [0.4, 0.5) is 11.4 Å². The Morgan fingerprint density at radius 1 is 1.40 bits per heavy atom. The average molecular weight is 310 g/mol. The van der Waals surface area contributed by atoms with Crippen LogP contribution in [-0.4, -0.2) is 20.9 Å². The van der Waals surface area contributed by atoms with Gasteiger partial charge in [0.1, 0.15) is 5.75 Å². The van der Waals surface area contributed by atoms with E-state index < -0.39 is 10.8 Å². The first kappa shape index (κ1) is 14.5. The van der Waals surface area contributed by atoms with Crippen molar-refractivity contribution in [2.45, 2.75) is 4.90 Å². The van der Waals surface area contributed by atoms with E-state index in [4.69, 9.17) is 17.3 Å². The van der Waals surface area contributed by atoms with Crippen molar-refractivity contribution in [1.82, 2.24) is 4.98 Å². The van der Waals surface area contributed by atoms with Gasteiger partial charge in [0, 0.05) is 16.9 Å². The molecular weight excluding hydrogens is 298 g/mol. The van der Waals surface area contributed by atoms with E-state index in [9.17, 15) is 9.00 Å². The molecule has 3 N–H and O–H groups in total. The molecule has 2 rings (SSSR count). The van der Waals surface area contributed by atoms with Crippen LogP contribution in [0.2, 0.25) is 5.02 Å². The van der Waals surface area contributed by atoms with Crippen molar-refractivity contribution in [3.8, 4) is 0 Å². The quantitative estimate of drug-likeness (QED) is 0.905. The molecule has 5 nitrogen and oxygen atoms in total. The number of anilines is 2. The molecule has 1 atom stereocenters. The van der Waals surface area contributed by atoms with Crippen LogP contribution < -0.4 is 11.1 Å². The number of nitrogens with two attached hydrogens (primary N) is 1. The highest BCUT2D eigenvalue weighted by Gasteiger charge is 2.13. The SMILES string of the molecule is Nc1cnccc1S(=O)CC(=O)Nc1cccc(Cl)c1. The van der Waals surface area contributed by atoms with Crippen molar-refractivity contribution >= 4 is 39.7 Å². The summed E-state index contributed by atoms with van der Waals surface area (Å²) < 4.78 is 12.0. The molecule has 0 saturated heterocycles. The van der Waals surface area contributed by atoms with E-state index >= 15 is 0 Å². The number of pyridine rings is 1. The molecule has 1 aromatic carbocycles. The van der Waals surface area contributed by atoms with Crippen molar-refractivity contribution in [1.29, 1.82) is 0 Å². The molecule has 20 heavy (non-hydrogen) atoms. The summed E-state index contributed by atoms with van der Waals surface area (Å²) in [6.45, 7) is 0. The van der Waals surface area contributed by atoms with Crippen LogP contribution in [0.1, 0.15) is 0 Å². The number of nitrogens with one attached hydrogen (secondary N) is 1. The smallest absolute Gasteiger partial charge is 0.237 e. The maximum Gasteiger partial charge on any atom is 0.237 e. The molecule has 0 aliphatic rings. The van der Waals surface area contributed by atoms with Gasteiger partial charge < -0.3 is 11.1 Å². The lowest BCUT2D eigenvalue weighted by Crippen LogP contribution is -2.20. The lowest BCUT2D eigenvalue weighted by molar-refractivity contribution is -0.113. The second kappa shape index (κ2) is 6.49. The largest absolute Gasteiger partial charge is 0.396 e. The Hall–Kier alpha value is -1.92. The predicted octanol–water partition coefficient (Wildman–Crippen LogP) is 2.06. The standard InChI is InChI=1S/C13H12ClN3O2S/c14-9-2-1-3-10(6-9)17-13(18)8-20(19)12-4-5-16-7-11(12)15/h1-7H,8,15H2,(H,17,18). The van der Waals surface area contributed by atoms with Gasteiger partial charge in [0.15, 0.2) is 0 Å². The molecule has 1 amide bonds. The van der Waals surface area contributed by atoms with Gasteiger partial charge in [-0.15, -0.1) is 0 Å². The molecule has 2 aromatic rings. The fourth-order valence-corrected chi connectivity index (χ4v) is 2.75. The fourth-order valence-electron chi connectivity index (χ4n) is 1.56. The summed E-state index contributed by atoms with van der Waals surface area (Å²) in [7, 11) is -1.51. The van der Waals surface area contributed by atoms with Crippen molar-refractivity contribution in [2.75, 3.05) is 16.8 Å². The lowest BCUT2D eigenvalue weighted by atomic mass is 10.3. The Bertz CT molecular complexity index is 664. The number of nitrogen functional groups attached to an aromatic ring is 1. The number of benzene rings is 1. The average Bonchev–Trinajstić information content (AvgIpc) is 2.38. The van der Waals surface area contributed by atoms with E-state index in [-0.39, 0.29) is 11.7 Å². The van der Waals surface area contributed by atoms with E-state index in [0.717, 1.165) is 0 Å². The number of amides is 1. The maximum atomic E-state index is 12.0. The summed E-state index contributed by atoms with van der Waals surface area (Å²) >= 11 is 5.82. The molecule has 0 aliphatic heterocycles. The molecular formula is C13H12ClN3O2S. The van der Waals surface area contributed by atoms with Crippen LogP contribution in [0.3, 0.4) is 0 Å². The third-order valence-electron chi connectivity index (χ3n) is 2.43. The Kier molecular flexibility index (Phi) is 4.70. The Morgan fingerprint density at radius 3 is 2.90 bits per heavy atom. The van der Waals surface area contributed by atoms with Gasteiger partial charge in [-0.2, -0.15) is 0 Å². The van der Waals surface area contributed by atoms with E-state index in [1.807, 2.05) is 0 Å². The lowest BCUT2D eigenvalue weighted by Gasteiger charge is -2.07. The van der Waals surface area contributed by atoms with Crippen molar-refractivity contribution < 1.29 is 9.00 Å². The Morgan fingerprint density at radius 2 is 2.20 bits per heavy atom. The molecule has 0 fully saturated rings. The molecule has 0 saturated carbocycles. The summed E-state index contributed by atoms with van der Waals surface area (Å²) in [6, 6.07) is 8.28. The molecule has 1 aromatic heterocycles. The van der Waals surface area contributed by atoms with E-state index in [1.54, 1.807) is 24.3 Å². The number of hydrogen-bond donors (Lipinski definition) is 2. The van der Waals surface area contributed by atoms with E-state index in [2.05, 4.69) is 10.3 Å². The van der Waals surface area contributed by atoms with Crippen molar-refractivity contribution in [3.63, 3.8) is 0 Å². The molecule has 0 bridgehead atoms. The Labute approximate surface area is 123 Å². The second-order valence-electron chi connectivity index (χ2n) is 3.96. The van der Waals surface area contributed by atoms with Crippen LogP contribution in [0.15, 0.2) is 47.6 Å². The molecule has 7 heteroatoms. The van der Waals surface area contributed by atoms with Gasteiger partial charge in [0.25, 0.3) is 0 Å². The zero-order valence-electron chi connectivity index (χ0n) is 10.4. The van der Waals surface area contributed by atoms with Gasteiger partial charge in [0.2, 0.25) is 5.91 Å². The normalized spacial score (nSPS) is 11.8. The zero-order chi connectivity index (χ0) is 14.5. The van der Waals surface area contributed by atoms with Gasteiger partial charge in [-0.25, -0.2) is 0 Å². The number of carbonyl (C=O) groups excluding carboxylic acids is 1. The minimum absolute atomic E-state index is 0.180. The van der Waals surface area contributed by atoms with Gasteiger partial charge >= 0.3 is 0 Å². The summed E-state index contributed by atoms with van der Waals surface area (Å²) in [5.41, 5.74) is 6.53. The highest BCUT2D eigenvalue weighted by Crippen LogP contribution is 2.16. The van der Waals surface area contributed by atoms with Crippen LogP contribution >= 0.6 is 11.6 Å². The number of rotatable bonds is 4. The summed E-state index contributed by atoms with van der Waals surface area (Å²) in [5, 5.41) is 3.15. The minimum atomic E-state index is -1.51. The van der Waals surface area contributed by atoms with Crippen molar-refractivity contribution in [2.24, 2.45) is 0 Å². The van der Waals surface area contributed by atoms with Crippen LogP contribution in [0.25, 0.3) is 0 Å². The topological polar surface area (TPSA) is 85.1 Å². The highest BCUT2D eigenvalue weighted by molar-refractivity contribution is 7.86. The first-order valence-electron chi connectivity index (χ1n) is 5.69. The number of carbonyl (C=O) groups is 1. The van der Waals surface area contributed by atoms with E-state index in [0.29, 0.717) is 21.3 Å². The van der Waals surface area contributed by atoms with Gasteiger partial charge in [-0.3, -0.25) is 14.0 Å². The molecule has 0 aliphatic carbocycles. The first-order chi connectivity index (χ1) is 9.56. The molecule has 0 spiro atoms. The second-order valence-corrected chi connectivity index (χ2v) is 5.82. The Balaban J connectivity index is 2.02. The number of hydrogen-bond acceptors (Lipinski definition) is 4. The van der Waals surface area contributed by atoms with E-state index in [1.165, 1.54) is 18.5 Å². The molecule has 1 heterocycles. The van der Waals surface area contributed by atoms with Crippen LogP contribution in [0.5, 0.6) is 0 Å². The highest BCUT2D eigenvalue weighted by atomic mass is 35.5. The fraction of sp³-hybridized carbons (Fsp3) is 0.0769. The van der Waals surface area contributed by atoms with Crippen molar-refractivity contribution in [3.05, 3.63) is 47.7 Å². The minimum Gasteiger partial charge on any atom is -0.396 e. The van der Waals surface area contributed by atoms with Gasteiger partial charge in [-0.05, 0) is 24.3 Å². The van der Waals surface area contributed by atoms with Gasteiger partial charge in [0.05, 0.1) is 27.6 Å². The van der Waals surface area contributed by atoms with Gasteiger partial charge in [-0.1, -0.05) is 17.7 Å². The molecule has 104 valence electrons. The molecule has 0 radical (unpaired) electrons. The monoisotopic (exact) mass is 309 g/mol. The summed E-state index contributed by atoms with van der Waals surface area (Å²) in [4.78, 5) is 16.0. The van der Waals surface area contributed by atoms with Crippen LogP contribution in [0, 0.1) is 0 Å². The summed E-state index contributed by atoms with van der Waals surface area (Å²) in [6.07, 6.45) is 2.89.